The lowest BCUT2D eigenvalue weighted by molar-refractivity contribution is 0.481. The van der Waals surface area contributed by atoms with Gasteiger partial charge in [0.25, 0.3) is 0 Å². The van der Waals surface area contributed by atoms with E-state index >= 15 is 0 Å². The SMILES string of the molecule is O.Oc1cccc2cc3ccccc3cc12. The Kier molecular flexibility index (Phi) is 2.50. The van der Waals surface area contributed by atoms with Crippen molar-refractivity contribution in [3.63, 3.8) is 0 Å². The Bertz CT molecular complexity index is 644. The molecule has 0 aliphatic rings. The van der Waals surface area contributed by atoms with Crippen LogP contribution < -0.4 is 0 Å². The van der Waals surface area contributed by atoms with E-state index in [0.717, 1.165) is 16.2 Å². The van der Waals surface area contributed by atoms with Gasteiger partial charge in [-0.3, -0.25) is 0 Å². The molecule has 0 spiro atoms. The van der Waals surface area contributed by atoms with Gasteiger partial charge in [0.1, 0.15) is 5.75 Å². The summed E-state index contributed by atoms with van der Waals surface area (Å²) in [5.41, 5.74) is 0. The van der Waals surface area contributed by atoms with Gasteiger partial charge in [-0.1, -0.05) is 36.4 Å². The average Bonchev–Trinajstić information content (AvgIpc) is 2.27. The number of hydrogen-bond donors (Lipinski definition) is 1. The van der Waals surface area contributed by atoms with Gasteiger partial charge in [0, 0.05) is 5.39 Å². The van der Waals surface area contributed by atoms with Crippen molar-refractivity contribution in [3.05, 3.63) is 54.6 Å². The molecule has 3 N–H and O–H groups in total. The molecule has 2 heteroatoms. The lowest BCUT2D eigenvalue weighted by Crippen LogP contribution is -1.76. The summed E-state index contributed by atoms with van der Waals surface area (Å²) in [6.07, 6.45) is 0. The highest BCUT2D eigenvalue weighted by Gasteiger charge is 2.00. The number of rotatable bonds is 0. The van der Waals surface area contributed by atoms with Crippen molar-refractivity contribution in [2.75, 3.05) is 0 Å². The first-order chi connectivity index (χ1) is 7.34. The second-order valence-corrected chi connectivity index (χ2v) is 3.70. The zero-order valence-corrected chi connectivity index (χ0v) is 8.64. The molecule has 0 radical (unpaired) electrons. The number of aromatic hydroxyl groups is 1. The van der Waals surface area contributed by atoms with Crippen LogP contribution in [0.4, 0.5) is 0 Å². The second kappa shape index (κ2) is 3.83. The Labute approximate surface area is 93.1 Å². The summed E-state index contributed by atoms with van der Waals surface area (Å²) >= 11 is 0. The fourth-order valence-electron chi connectivity index (χ4n) is 1.95. The van der Waals surface area contributed by atoms with Crippen LogP contribution in [-0.2, 0) is 0 Å². The third-order valence-electron chi connectivity index (χ3n) is 2.72. The third kappa shape index (κ3) is 1.49. The Balaban J connectivity index is 0.000000963. The molecular weight excluding hydrogens is 200 g/mol. The minimum absolute atomic E-state index is 0. The van der Waals surface area contributed by atoms with Gasteiger partial charge in [0.15, 0.2) is 0 Å². The predicted molar refractivity (Wildman–Crippen MR) is 66.7 cm³/mol. The van der Waals surface area contributed by atoms with E-state index in [2.05, 4.69) is 18.2 Å². The highest BCUT2D eigenvalue weighted by molar-refractivity contribution is 6.00. The summed E-state index contributed by atoms with van der Waals surface area (Å²) in [6, 6.07) is 17.9. The lowest BCUT2D eigenvalue weighted by Gasteiger charge is -2.03. The maximum atomic E-state index is 9.73. The minimum atomic E-state index is 0. The molecule has 3 aromatic rings. The molecule has 0 atom stereocenters. The van der Waals surface area contributed by atoms with Crippen LogP contribution in [0.5, 0.6) is 5.75 Å². The van der Waals surface area contributed by atoms with Crippen LogP contribution in [0.2, 0.25) is 0 Å². The average molecular weight is 212 g/mol. The first-order valence-electron chi connectivity index (χ1n) is 4.95. The summed E-state index contributed by atoms with van der Waals surface area (Å²) < 4.78 is 0. The zero-order valence-electron chi connectivity index (χ0n) is 8.64. The molecule has 2 nitrogen and oxygen atoms in total. The zero-order chi connectivity index (χ0) is 10.3. The lowest BCUT2D eigenvalue weighted by atomic mass is 10.0. The summed E-state index contributed by atoms with van der Waals surface area (Å²) in [6.45, 7) is 0. The standard InChI is InChI=1S/C14H10O.H2O/c15-14-7-3-6-12-8-10-4-1-2-5-11(10)9-13(12)14;/h1-9,15H;1H2. The van der Waals surface area contributed by atoms with E-state index in [1.165, 1.54) is 5.39 Å². The number of benzene rings is 3. The van der Waals surface area contributed by atoms with E-state index in [9.17, 15) is 5.11 Å². The summed E-state index contributed by atoms with van der Waals surface area (Å²) in [7, 11) is 0. The predicted octanol–water partition coefficient (Wildman–Crippen LogP) is 2.87. The molecule has 0 amide bonds. The smallest absolute Gasteiger partial charge is 0.123 e. The van der Waals surface area contributed by atoms with E-state index in [1.54, 1.807) is 6.07 Å². The van der Waals surface area contributed by atoms with Gasteiger partial charge in [-0.15, -0.1) is 0 Å². The van der Waals surface area contributed by atoms with Gasteiger partial charge in [0.2, 0.25) is 0 Å². The van der Waals surface area contributed by atoms with Crippen molar-refractivity contribution in [2.45, 2.75) is 0 Å². The molecule has 0 saturated carbocycles. The van der Waals surface area contributed by atoms with Crippen LogP contribution in [0.25, 0.3) is 21.5 Å². The highest BCUT2D eigenvalue weighted by Crippen LogP contribution is 2.28. The largest absolute Gasteiger partial charge is 0.507 e. The Morgan fingerprint density at radius 1 is 0.688 bits per heavy atom. The van der Waals surface area contributed by atoms with E-state index in [1.807, 2.05) is 30.3 Å². The molecule has 0 heterocycles. The molecule has 3 rings (SSSR count). The van der Waals surface area contributed by atoms with Crippen LogP contribution in [0, 0.1) is 0 Å². The van der Waals surface area contributed by atoms with E-state index in [4.69, 9.17) is 0 Å². The fourth-order valence-corrected chi connectivity index (χ4v) is 1.95. The Morgan fingerprint density at radius 2 is 1.31 bits per heavy atom. The molecule has 0 unspecified atom stereocenters. The van der Waals surface area contributed by atoms with Crippen LogP contribution in [0.15, 0.2) is 54.6 Å². The van der Waals surface area contributed by atoms with Crippen LogP contribution in [0.1, 0.15) is 0 Å². The molecule has 0 aromatic heterocycles. The van der Waals surface area contributed by atoms with E-state index in [0.29, 0.717) is 5.75 Å². The molecule has 0 saturated heterocycles. The molecule has 0 aliphatic heterocycles. The summed E-state index contributed by atoms with van der Waals surface area (Å²) in [5.74, 6) is 0.346. The normalized spacial score (nSPS) is 10.2. The van der Waals surface area contributed by atoms with Gasteiger partial charge in [-0.2, -0.15) is 0 Å². The van der Waals surface area contributed by atoms with E-state index < -0.39 is 0 Å². The van der Waals surface area contributed by atoms with Crippen molar-refractivity contribution in [2.24, 2.45) is 0 Å². The van der Waals surface area contributed by atoms with Crippen molar-refractivity contribution < 1.29 is 10.6 Å². The highest BCUT2D eigenvalue weighted by atomic mass is 16.3. The number of phenols is 1. The first-order valence-corrected chi connectivity index (χ1v) is 4.95. The number of fused-ring (bicyclic) bond motifs is 2. The maximum absolute atomic E-state index is 9.73. The molecule has 80 valence electrons. The van der Waals surface area contributed by atoms with Crippen LogP contribution in [-0.4, -0.2) is 10.6 Å². The molecule has 0 bridgehead atoms. The van der Waals surface area contributed by atoms with Crippen molar-refractivity contribution in [1.82, 2.24) is 0 Å². The number of phenolic OH excluding ortho intramolecular Hbond substituents is 1. The Morgan fingerprint density at radius 3 is 2.06 bits per heavy atom. The quantitative estimate of drug-likeness (QED) is 0.572. The first kappa shape index (κ1) is 10.5. The van der Waals surface area contributed by atoms with Gasteiger partial charge in [0.05, 0.1) is 0 Å². The van der Waals surface area contributed by atoms with Crippen molar-refractivity contribution in [3.8, 4) is 5.75 Å². The summed E-state index contributed by atoms with van der Waals surface area (Å²) in [4.78, 5) is 0. The summed E-state index contributed by atoms with van der Waals surface area (Å²) in [5, 5.41) is 14.1. The molecular formula is C14H12O2. The van der Waals surface area contributed by atoms with Crippen molar-refractivity contribution in [1.29, 1.82) is 0 Å². The molecule has 16 heavy (non-hydrogen) atoms. The monoisotopic (exact) mass is 212 g/mol. The fraction of sp³-hybridized carbons (Fsp3) is 0. The molecule has 0 fully saturated rings. The Hall–Kier alpha value is -2.06. The van der Waals surface area contributed by atoms with Crippen LogP contribution in [0.3, 0.4) is 0 Å². The van der Waals surface area contributed by atoms with E-state index in [-0.39, 0.29) is 5.48 Å². The van der Waals surface area contributed by atoms with Gasteiger partial charge in [-0.05, 0) is 34.4 Å². The molecule has 3 aromatic carbocycles. The van der Waals surface area contributed by atoms with Crippen LogP contribution >= 0.6 is 0 Å². The third-order valence-corrected chi connectivity index (χ3v) is 2.72. The van der Waals surface area contributed by atoms with Gasteiger partial charge < -0.3 is 10.6 Å². The molecule has 0 aliphatic carbocycles. The van der Waals surface area contributed by atoms with Crippen molar-refractivity contribution >= 4 is 21.5 Å². The maximum Gasteiger partial charge on any atom is 0.123 e. The second-order valence-electron chi connectivity index (χ2n) is 3.70. The topological polar surface area (TPSA) is 51.7 Å². The number of hydrogen-bond acceptors (Lipinski definition) is 1. The van der Waals surface area contributed by atoms with Gasteiger partial charge in [-0.25, -0.2) is 0 Å². The van der Waals surface area contributed by atoms with Gasteiger partial charge >= 0.3 is 0 Å². The minimum Gasteiger partial charge on any atom is -0.507 e.